The third-order valence-corrected chi connectivity index (χ3v) is 2.19. The van der Waals surface area contributed by atoms with Gasteiger partial charge in [-0.2, -0.15) is 0 Å². The number of alkyl carbamates (subject to hydrolysis) is 1. The standard InChI is InChI=1S/C13H28N2O4/c1-6-17-11(18-7-2)8-10(9-14)15-12(16)19-13(3,4)5/h10-11H,6-9,14H2,1-5H3,(H,15,16). The van der Waals surface area contributed by atoms with Crippen molar-refractivity contribution in [3.63, 3.8) is 0 Å². The highest BCUT2D eigenvalue weighted by atomic mass is 16.7. The minimum Gasteiger partial charge on any atom is -0.444 e. The number of carbonyl (C=O) groups is 1. The summed E-state index contributed by atoms with van der Waals surface area (Å²) >= 11 is 0. The molecule has 19 heavy (non-hydrogen) atoms. The molecule has 0 aromatic rings. The van der Waals surface area contributed by atoms with Gasteiger partial charge in [-0.3, -0.25) is 0 Å². The molecule has 114 valence electrons. The van der Waals surface area contributed by atoms with Gasteiger partial charge in [-0.1, -0.05) is 0 Å². The summed E-state index contributed by atoms with van der Waals surface area (Å²) in [7, 11) is 0. The van der Waals surface area contributed by atoms with Crippen LogP contribution in [0.25, 0.3) is 0 Å². The second-order valence-electron chi connectivity index (χ2n) is 5.15. The Bertz CT molecular complexity index is 248. The number of hydrogen-bond donors (Lipinski definition) is 2. The van der Waals surface area contributed by atoms with Crippen LogP contribution in [0, 0.1) is 0 Å². The summed E-state index contributed by atoms with van der Waals surface area (Å²) in [6.45, 7) is 10.6. The van der Waals surface area contributed by atoms with E-state index in [4.69, 9.17) is 19.9 Å². The fourth-order valence-electron chi connectivity index (χ4n) is 1.48. The zero-order chi connectivity index (χ0) is 14.9. The van der Waals surface area contributed by atoms with Gasteiger partial charge < -0.3 is 25.3 Å². The van der Waals surface area contributed by atoms with E-state index in [0.717, 1.165) is 0 Å². The number of ether oxygens (including phenoxy) is 3. The molecule has 6 heteroatoms. The Kier molecular flexibility index (Phi) is 8.71. The van der Waals surface area contributed by atoms with E-state index in [2.05, 4.69) is 5.32 Å². The fourth-order valence-corrected chi connectivity index (χ4v) is 1.48. The van der Waals surface area contributed by atoms with E-state index in [1.54, 1.807) is 0 Å². The Balaban J connectivity index is 4.28. The average Bonchev–Trinajstić information content (AvgIpc) is 2.26. The van der Waals surface area contributed by atoms with Gasteiger partial charge >= 0.3 is 6.09 Å². The quantitative estimate of drug-likeness (QED) is 0.658. The van der Waals surface area contributed by atoms with Gasteiger partial charge in [0.25, 0.3) is 0 Å². The van der Waals surface area contributed by atoms with E-state index in [1.807, 2.05) is 34.6 Å². The summed E-state index contributed by atoms with van der Waals surface area (Å²) in [5.74, 6) is 0. The van der Waals surface area contributed by atoms with Crippen LogP contribution < -0.4 is 11.1 Å². The SMILES string of the molecule is CCOC(CC(CN)NC(=O)OC(C)(C)C)OCC. The van der Waals surface area contributed by atoms with Crippen molar-refractivity contribution in [2.45, 2.75) is 59.0 Å². The van der Waals surface area contributed by atoms with Crippen LogP contribution in [0.4, 0.5) is 4.79 Å². The van der Waals surface area contributed by atoms with Crippen molar-refractivity contribution in [3.05, 3.63) is 0 Å². The maximum atomic E-state index is 11.7. The molecule has 0 heterocycles. The van der Waals surface area contributed by atoms with Gasteiger partial charge in [0, 0.05) is 32.2 Å². The summed E-state index contributed by atoms with van der Waals surface area (Å²) in [5, 5.41) is 2.72. The first-order valence-corrected chi connectivity index (χ1v) is 6.75. The molecule has 0 aromatic carbocycles. The summed E-state index contributed by atoms with van der Waals surface area (Å²) in [4.78, 5) is 11.7. The number of nitrogens with two attached hydrogens (primary N) is 1. The van der Waals surface area contributed by atoms with Crippen LogP contribution in [0.5, 0.6) is 0 Å². The number of hydrogen-bond acceptors (Lipinski definition) is 5. The van der Waals surface area contributed by atoms with Gasteiger partial charge in [-0.15, -0.1) is 0 Å². The highest BCUT2D eigenvalue weighted by Gasteiger charge is 2.21. The predicted octanol–water partition coefficient (Wildman–Crippen LogP) is 1.63. The van der Waals surface area contributed by atoms with E-state index in [1.165, 1.54) is 0 Å². The van der Waals surface area contributed by atoms with Crippen LogP contribution in [0.1, 0.15) is 41.0 Å². The second-order valence-corrected chi connectivity index (χ2v) is 5.15. The maximum Gasteiger partial charge on any atom is 0.407 e. The van der Waals surface area contributed by atoms with Crippen molar-refractivity contribution in [2.75, 3.05) is 19.8 Å². The van der Waals surface area contributed by atoms with E-state index in [-0.39, 0.29) is 12.3 Å². The molecule has 3 N–H and O–H groups in total. The molecule has 0 aliphatic rings. The molecule has 0 radical (unpaired) electrons. The first kappa shape index (κ1) is 18.1. The highest BCUT2D eigenvalue weighted by Crippen LogP contribution is 2.09. The van der Waals surface area contributed by atoms with Gasteiger partial charge in [-0.25, -0.2) is 4.79 Å². The highest BCUT2D eigenvalue weighted by molar-refractivity contribution is 5.68. The van der Waals surface area contributed by atoms with E-state index < -0.39 is 11.7 Å². The lowest BCUT2D eigenvalue weighted by molar-refractivity contribution is -0.142. The van der Waals surface area contributed by atoms with Gasteiger partial charge in [-0.05, 0) is 34.6 Å². The van der Waals surface area contributed by atoms with Gasteiger partial charge in [0.1, 0.15) is 5.60 Å². The van der Waals surface area contributed by atoms with Crippen molar-refractivity contribution in [2.24, 2.45) is 5.73 Å². The van der Waals surface area contributed by atoms with Crippen LogP contribution in [0.2, 0.25) is 0 Å². The molecule has 0 saturated heterocycles. The molecule has 6 nitrogen and oxygen atoms in total. The number of nitrogens with one attached hydrogen (secondary N) is 1. The first-order valence-electron chi connectivity index (χ1n) is 6.75. The summed E-state index contributed by atoms with van der Waals surface area (Å²) in [6, 6.07) is -0.238. The van der Waals surface area contributed by atoms with E-state index in [0.29, 0.717) is 26.2 Å². The number of rotatable bonds is 8. The van der Waals surface area contributed by atoms with Gasteiger partial charge in [0.15, 0.2) is 6.29 Å². The lowest BCUT2D eigenvalue weighted by atomic mass is 10.2. The molecule has 1 unspecified atom stereocenters. The van der Waals surface area contributed by atoms with E-state index >= 15 is 0 Å². The van der Waals surface area contributed by atoms with E-state index in [9.17, 15) is 4.79 Å². The van der Waals surface area contributed by atoms with Crippen LogP contribution in [-0.4, -0.2) is 43.8 Å². The average molecular weight is 276 g/mol. The number of amides is 1. The lowest BCUT2D eigenvalue weighted by Crippen LogP contribution is -2.45. The number of carbonyl (C=O) groups excluding carboxylic acids is 1. The molecule has 0 rings (SSSR count). The summed E-state index contributed by atoms with van der Waals surface area (Å²) < 4.78 is 16.0. The molecule has 0 fully saturated rings. The molecule has 0 saturated carbocycles. The van der Waals surface area contributed by atoms with Crippen molar-refractivity contribution >= 4 is 6.09 Å². The van der Waals surface area contributed by atoms with Crippen molar-refractivity contribution in [1.29, 1.82) is 0 Å². The Morgan fingerprint density at radius 1 is 1.21 bits per heavy atom. The Hall–Kier alpha value is -0.850. The summed E-state index contributed by atoms with van der Waals surface area (Å²) in [6.07, 6.45) is -0.342. The largest absolute Gasteiger partial charge is 0.444 e. The monoisotopic (exact) mass is 276 g/mol. The smallest absolute Gasteiger partial charge is 0.407 e. The zero-order valence-electron chi connectivity index (χ0n) is 12.7. The normalized spacial score (nSPS) is 13.4. The molecule has 1 atom stereocenters. The van der Waals surface area contributed by atoms with Crippen LogP contribution in [-0.2, 0) is 14.2 Å². The minimum atomic E-state index is -0.525. The van der Waals surface area contributed by atoms with Crippen LogP contribution >= 0.6 is 0 Å². The molecule has 0 aliphatic carbocycles. The van der Waals surface area contributed by atoms with Crippen molar-refractivity contribution < 1.29 is 19.0 Å². The Morgan fingerprint density at radius 2 is 1.74 bits per heavy atom. The fraction of sp³-hybridized carbons (Fsp3) is 0.923. The predicted molar refractivity (Wildman–Crippen MR) is 73.9 cm³/mol. The Labute approximate surface area is 116 Å². The molecule has 0 bridgehead atoms. The van der Waals surface area contributed by atoms with Gasteiger partial charge in [0.2, 0.25) is 0 Å². The minimum absolute atomic E-state index is 0.238. The van der Waals surface area contributed by atoms with Gasteiger partial charge in [0.05, 0.1) is 0 Å². The van der Waals surface area contributed by atoms with Crippen LogP contribution in [0.15, 0.2) is 0 Å². The Morgan fingerprint density at radius 3 is 2.11 bits per heavy atom. The molecular weight excluding hydrogens is 248 g/mol. The van der Waals surface area contributed by atoms with Crippen LogP contribution in [0.3, 0.4) is 0 Å². The molecule has 1 amide bonds. The third kappa shape index (κ3) is 9.69. The first-order chi connectivity index (χ1) is 8.82. The third-order valence-electron chi connectivity index (χ3n) is 2.19. The molecule has 0 spiro atoms. The molecule has 0 aliphatic heterocycles. The lowest BCUT2D eigenvalue weighted by Gasteiger charge is -2.25. The summed E-state index contributed by atoms with van der Waals surface area (Å²) in [5.41, 5.74) is 5.12. The van der Waals surface area contributed by atoms with Crippen molar-refractivity contribution in [3.8, 4) is 0 Å². The second kappa shape index (κ2) is 9.12. The maximum absolute atomic E-state index is 11.7. The zero-order valence-corrected chi connectivity index (χ0v) is 12.7. The topological polar surface area (TPSA) is 82.8 Å². The molecular formula is C13H28N2O4. The molecule has 0 aromatic heterocycles. The van der Waals surface area contributed by atoms with Crippen molar-refractivity contribution in [1.82, 2.24) is 5.32 Å².